The fraction of sp³-hybridized carbons (Fsp3) is 0.533. The molecule has 5 nitrogen and oxygen atoms in total. The summed E-state index contributed by atoms with van der Waals surface area (Å²) in [7, 11) is 0. The summed E-state index contributed by atoms with van der Waals surface area (Å²) in [5.74, 6) is -1.42. The Morgan fingerprint density at radius 1 is 1.29 bits per heavy atom. The Morgan fingerprint density at radius 3 is 2.29 bits per heavy atom. The molecule has 116 valence electrons. The van der Waals surface area contributed by atoms with E-state index in [1.807, 2.05) is 13.8 Å². The van der Waals surface area contributed by atoms with Crippen molar-refractivity contribution in [3.8, 4) is 0 Å². The van der Waals surface area contributed by atoms with Crippen molar-refractivity contribution >= 4 is 23.5 Å². The molecule has 1 amide bonds. The van der Waals surface area contributed by atoms with Crippen LogP contribution in [0.3, 0.4) is 0 Å². The van der Waals surface area contributed by atoms with Gasteiger partial charge in [0.25, 0.3) is 5.91 Å². The van der Waals surface area contributed by atoms with Gasteiger partial charge >= 0.3 is 5.97 Å². The predicted octanol–water partition coefficient (Wildman–Crippen LogP) is 3.09. The summed E-state index contributed by atoms with van der Waals surface area (Å²) >= 11 is 5.92. The smallest absolute Gasteiger partial charge is 0.326 e. The SMILES string of the molecule is CC(C)c1cc(C(=O)NC(C(=O)O)C(C)(C)C)cc(Cl)n1. The van der Waals surface area contributed by atoms with E-state index in [9.17, 15) is 14.7 Å². The number of pyridine rings is 1. The van der Waals surface area contributed by atoms with E-state index < -0.39 is 23.3 Å². The molecular weight excluding hydrogens is 292 g/mol. The van der Waals surface area contributed by atoms with E-state index >= 15 is 0 Å². The van der Waals surface area contributed by atoms with Gasteiger partial charge in [-0.25, -0.2) is 9.78 Å². The molecule has 1 atom stereocenters. The molecule has 1 aromatic heterocycles. The van der Waals surface area contributed by atoms with Crippen LogP contribution in [0.25, 0.3) is 0 Å². The molecule has 1 heterocycles. The van der Waals surface area contributed by atoms with Crippen LogP contribution >= 0.6 is 11.6 Å². The zero-order valence-corrected chi connectivity index (χ0v) is 13.7. The molecule has 1 aromatic rings. The van der Waals surface area contributed by atoms with E-state index in [0.29, 0.717) is 11.3 Å². The molecule has 0 aliphatic heterocycles. The highest BCUT2D eigenvalue weighted by Gasteiger charge is 2.32. The maximum Gasteiger partial charge on any atom is 0.326 e. The van der Waals surface area contributed by atoms with E-state index in [2.05, 4.69) is 10.3 Å². The van der Waals surface area contributed by atoms with Gasteiger partial charge in [-0.15, -0.1) is 0 Å². The molecule has 0 aromatic carbocycles. The van der Waals surface area contributed by atoms with E-state index in [0.717, 1.165) is 0 Å². The van der Waals surface area contributed by atoms with Crippen molar-refractivity contribution in [3.05, 3.63) is 28.5 Å². The van der Waals surface area contributed by atoms with Gasteiger partial charge in [0.2, 0.25) is 0 Å². The number of rotatable bonds is 4. The number of carboxylic acids is 1. The van der Waals surface area contributed by atoms with Crippen LogP contribution in [0.4, 0.5) is 0 Å². The lowest BCUT2D eigenvalue weighted by molar-refractivity contribution is -0.142. The number of carbonyl (C=O) groups is 2. The van der Waals surface area contributed by atoms with Gasteiger partial charge in [0.05, 0.1) is 0 Å². The summed E-state index contributed by atoms with van der Waals surface area (Å²) in [5.41, 5.74) is 0.406. The second-order valence-electron chi connectivity index (χ2n) is 6.37. The Hall–Kier alpha value is -1.62. The Kier molecular flexibility index (Phi) is 5.34. The minimum Gasteiger partial charge on any atom is -0.480 e. The first kappa shape index (κ1) is 17.4. The summed E-state index contributed by atoms with van der Waals surface area (Å²) in [4.78, 5) is 27.7. The number of hydrogen-bond donors (Lipinski definition) is 2. The lowest BCUT2D eigenvalue weighted by Gasteiger charge is -2.27. The first-order chi connectivity index (χ1) is 9.52. The minimum atomic E-state index is -1.07. The predicted molar refractivity (Wildman–Crippen MR) is 81.7 cm³/mol. The maximum atomic E-state index is 12.3. The molecule has 1 unspecified atom stereocenters. The average Bonchev–Trinajstić information content (AvgIpc) is 2.32. The molecule has 0 fully saturated rings. The van der Waals surface area contributed by atoms with Crippen LogP contribution in [0.2, 0.25) is 5.15 Å². The number of hydrogen-bond acceptors (Lipinski definition) is 3. The van der Waals surface area contributed by atoms with Gasteiger partial charge in [0, 0.05) is 11.3 Å². The van der Waals surface area contributed by atoms with Crippen LogP contribution in [-0.2, 0) is 4.79 Å². The lowest BCUT2D eigenvalue weighted by atomic mass is 9.86. The quantitative estimate of drug-likeness (QED) is 0.837. The zero-order chi connectivity index (χ0) is 16.4. The molecular formula is C15H21ClN2O3. The number of halogens is 1. The van der Waals surface area contributed by atoms with E-state index in [1.54, 1.807) is 26.8 Å². The van der Waals surface area contributed by atoms with Crippen molar-refractivity contribution in [1.82, 2.24) is 10.3 Å². The first-order valence-electron chi connectivity index (χ1n) is 6.73. The van der Waals surface area contributed by atoms with Crippen LogP contribution in [0, 0.1) is 5.41 Å². The van der Waals surface area contributed by atoms with Gasteiger partial charge in [-0.1, -0.05) is 46.2 Å². The van der Waals surface area contributed by atoms with Crippen LogP contribution in [-0.4, -0.2) is 28.0 Å². The second kappa shape index (κ2) is 6.43. The summed E-state index contributed by atoms with van der Waals surface area (Å²) in [6.45, 7) is 9.15. The highest BCUT2D eigenvalue weighted by Crippen LogP contribution is 2.21. The third kappa shape index (κ3) is 4.70. The summed E-state index contributed by atoms with van der Waals surface area (Å²) in [6.07, 6.45) is 0. The number of carbonyl (C=O) groups excluding carboxylic acids is 1. The zero-order valence-electron chi connectivity index (χ0n) is 12.9. The molecule has 0 radical (unpaired) electrons. The van der Waals surface area contributed by atoms with Crippen molar-refractivity contribution in [1.29, 1.82) is 0 Å². The van der Waals surface area contributed by atoms with E-state index in [1.165, 1.54) is 6.07 Å². The van der Waals surface area contributed by atoms with Crippen LogP contribution in [0.1, 0.15) is 56.6 Å². The molecule has 0 saturated carbocycles. The Bertz CT molecular complexity index is 550. The number of aromatic nitrogens is 1. The Balaban J connectivity index is 3.06. The van der Waals surface area contributed by atoms with Gasteiger partial charge in [0.15, 0.2) is 0 Å². The Labute approximate surface area is 129 Å². The van der Waals surface area contributed by atoms with Crippen molar-refractivity contribution in [2.45, 2.75) is 46.6 Å². The molecule has 0 saturated heterocycles. The third-order valence-electron chi connectivity index (χ3n) is 3.06. The monoisotopic (exact) mass is 312 g/mol. The van der Waals surface area contributed by atoms with Gasteiger partial charge in [0.1, 0.15) is 11.2 Å². The summed E-state index contributed by atoms with van der Waals surface area (Å²) in [6, 6.07) is 2.08. The number of aliphatic carboxylic acids is 1. The standard InChI is InChI=1S/C15H21ClN2O3/c1-8(2)10-6-9(7-11(16)17-10)13(19)18-12(14(20)21)15(3,4)5/h6-8,12H,1-5H3,(H,18,19)(H,20,21). The van der Waals surface area contributed by atoms with Crippen molar-refractivity contribution in [2.24, 2.45) is 5.41 Å². The molecule has 21 heavy (non-hydrogen) atoms. The fourth-order valence-electron chi connectivity index (χ4n) is 1.81. The number of nitrogens with one attached hydrogen (secondary N) is 1. The van der Waals surface area contributed by atoms with Crippen LogP contribution in [0.5, 0.6) is 0 Å². The molecule has 0 spiro atoms. The third-order valence-corrected chi connectivity index (χ3v) is 3.25. The van der Waals surface area contributed by atoms with E-state index in [4.69, 9.17) is 11.6 Å². The lowest BCUT2D eigenvalue weighted by Crippen LogP contribution is -2.49. The number of nitrogens with zero attached hydrogens (tertiary/aromatic N) is 1. The number of amides is 1. The maximum absolute atomic E-state index is 12.3. The molecule has 2 N–H and O–H groups in total. The van der Waals surface area contributed by atoms with Crippen LogP contribution < -0.4 is 5.32 Å². The molecule has 6 heteroatoms. The average molecular weight is 313 g/mol. The van der Waals surface area contributed by atoms with E-state index in [-0.39, 0.29) is 11.1 Å². The van der Waals surface area contributed by atoms with Crippen molar-refractivity contribution < 1.29 is 14.7 Å². The highest BCUT2D eigenvalue weighted by atomic mass is 35.5. The molecule has 0 aliphatic carbocycles. The largest absolute Gasteiger partial charge is 0.480 e. The molecule has 0 aliphatic rings. The van der Waals surface area contributed by atoms with Crippen LogP contribution in [0.15, 0.2) is 12.1 Å². The molecule has 0 bridgehead atoms. The summed E-state index contributed by atoms with van der Waals surface area (Å²) in [5, 5.41) is 12.0. The normalized spacial score (nSPS) is 13.1. The second-order valence-corrected chi connectivity index (χ2v) is 6.76. The highest BCUT2D eigenvalue weighted by molar-refractivity contribution is 6.29. The minimum absolute atomic E-state index is 0.119. The van der Waals surface area contributed by atoms with Gasteiger partial charge in [-0.2, -0.15) is 0 Å². The van der Waals surface area contributed by atoms with Gasteiger partial charge in [-0.05, 0) is 23.5 Å². The number of carboxylic acid groups (broad SMARTS) is 1. The van der Waals surface area contributed by atoms with Gasteiger partial charge in [-0.3, -0.25) is 4.79 Å². The summed E-state index contributed by atoms with van der Waals surface area (Å²) < 4.78 is 0. The fourth-order valence-corrected chi connectivity index (χ4v) is 2.02. The van der Waals surface area contributed by atoms with Crippen molar-refractivity contribution in [2.75, 3.05) is 0 Å². The first-order valence-corrected chi connectivity index (χ1v) is 7.11. The topological polar surface area (TPSA) is 79.3 Å². The molecule has 1 rings (SSSR count). The van der Waals surface area contributed by atoms with Crippen molar-refractivity contribution in [3.63, 3.8) is 0 Å². The Morgan fingerprint density at radius 2 is 1.86 bits per heavy atom. The van der Waals surface area contributed by atoms with Gasteiger partial charge < -0.3 is 10.4 Å².